The average Bonchev–Trinajstić information content (AvgIpc) is 2.53. The second kappa shape index (κ2) is 8.34. The Morgan fingerprint density at radius 1 is 1.24 bits per heavy atom. The second-order valence-electron chi connectivity index (χ2n) is 4.87. The van der Waals surface area contributed by atoms with Crippen LogP contribution in [0.4, 0.5) is 5.82 Å². The lowest BCUT2D eigenvalue weighted by atomic mass is 10.2. The molecule has 0 aliphatic carbocycles. The minimum absolute atomic E-state index is 0.709. The lowest BCUT2D eigenvalue weighted by Crippen LogP contribution is -2.23. The molecular formula is C16H22N4O. The van der Waals surface area contributed by atoms with Crippen molar-refractivity contribution < 1.29 is 4.74 Å². The van der Waals surface area contributed by atoms with E-state index in [-0.39, 0.29) is 0 Å². The van der Waals surface area contributed by atoms with Gasteiger partial charge in [0.15, 0.2) is 0 Å². The fraction of sp³-hybridized carbons (Fsp3) is 0.375. The van der Waals surface area contributed by atoms with Gasteiger partial charge in [-0.3, -0.25) is 4.98 Å². The Kier molecular flexibility index (Phi) is 6.12. The summed E-state index contributed by atoms with van der Waals surface area (Å²) in [4.78, 5) is 10.8. The normalized spacial score (nSPS) is 10.6. The van der Waals surface area contributed by atoms with Crippen LogP contribution < -0.4 is 10.2 Å². The molecule has 0 atom stereocenters. The number of methoxy groups -OCH3 is 1. The van der Waals surface area contributed by atoms with Gasteiger partial charge in [-0.05, 0) is 17.7 Å². The van der Waals surface area contributed by atoms with E-state index in [9.17, 15) is 0 Å². The Morgan fingerprint density at radius 3 is 2.86 bits per heavy atom. The molecule has 5 heteroatoms. The van der Waals surface area contributed by atoms with Gasteiger partial charge < -0.3 is 15.0 Å². The summed E-state index contributed by atoms with van der Waals surface area (Å²) >= 11 is 0. The maximum Gasteiger partial charge on any atom is 0.133 e. The number of nitrogens with one attached hydrogen (secondary N) is 1. The third kappa shape index (κ3) is 4.81. The maximum atomic E-state index is 5.04. The van der Waals surface area contributed by atoms with Gasteiger partial charge >= 0.3 is 0 Å². The van der Waals surface area contributed by atoms with E-state index in [2.05, 4.69) is 32.3 Å². The van der Waals surface area contributed by atoms with Crippen LogP contribution in [0.25, 0.3) is 0 Å². The Bertz CT molecular complexity index is 533. The molecule has 0 unspecified atom stereocenters. The van der Waals surface area contributed by atoms with Crippen LogP contribution in [0.15, 0.2) is 42.9 Å². The lowest BCUT2D eigenvalue weighted by Gasteiger charge is -2.21. The zero-order chi connectivity index (χ0) is 14.9. The van der Waals surface area contributed by atoms with Crippen LogP contribution in [-0.2, 0) is 17.8 Å². The Labute approximate surface area is 126 Å². The molecule has 0 fully saturated rings. The molecule has 2 aromatic rings. The van der Waals surface area contributed by atoms with E-state index in [1.807, 2.05) is 31.6 Å². The van der Waals surface area contributed by atoms with Crippen molar-refractivity contribution in [3.63, 3.8) is 0 Å². The molecule has 0 aromatic carbocycles. The summed E-state index contributed by atoms with van der Waals surface area (Å²) in [5.41, 5.74) is 2.35. The third-order valence-electron chi connectivity index (χ3n) is 3.17. The SMILES string of the molecule is COCCNCc1cccnc1N(C)Cc1cccnc1. The molecule has 1 N–H and O–H groups in total. The Balaban J connectivity index is 2.01. The highest BCUT2D eigenvalue weighted by Crippen LogP contribution is 2.17. The number of rotatable bonds is 8. The zero-order valence-corrected chi connectivity index (χ0v) is 12.6. The topological polar surface area (TPSA) is 50.3 Å². The fourth-order valence-corrected chi connectivity index (χ4v) is 2.15. The zero-order valence-electron chi connectivity index (χ0n) is 12.6. The number of hydrogen-bond donors (Lipinski definition) is 1. The summed E-state index contributed by atoms with van der Waals surface area (Å²) in [6.07, 6.45) is 5.50. The van der Waals surface area contributed by atoms with Gasteiger partial charge in [-0.25, -0.2) is 4.98 Å². The first-order chi connectivity index (χ1) is 10.3. The van der Waals surface area contributed by atoms with Gasteiger partial charge in [-0.1, -0.05) is 12.1 Å². The van der Waals surface area contributed by atoms with E-state index in [1.54, 1.807) is 13.3 Å². The monoisotopic (exact) mass is 286 g/mol. The summed E-state index contributed by atoms with van der Waals surface area (Å²) in [6, 6.07) is 8.09. The van der Waals surface area contributed by atoms with Crippen LogP contribution in [0, 0.1) is 0 Å². The molecule has 2 aromatic heterocycles. The first kappa shape index (κ1) is 15.4. The second-order valence-corrected chi connectivity index (χ2v) is 4.87. The average molecular weight is 286 g/mol. The van der Waals surface area contributed by atoms with Crippen LogP contribution in [0.5, 0.6) is 0 Å². The molecule has 0 amide bonds. The largest absolute Gasteiger partial charge is 0.383 e. The van der Waals surface area contributed by atoms with Crippen molar-refractivity contribution >= 4 is 5.82 Å². The molecule has 2 rings (SSSR count). The van der Waals surface area contributed by atoms with E-state index < -0.39 is 0 Å². The number of aromatic nitrogens is 2. The molecule has 0 spiro atoms. The van der Waals surface area contributed by atoms with Crippen LogP contribution in [-0.4, -0.2) is 37.3 Å². The van der Waals surface area contributed by atoms with Crippen LogP contribution >= 0.6 is 0 Å². The standard InChI is InChI=1S/C16H22N4O/c1-20(13-14-5-3-7-17-11-14)16-15(6-4-8-19-16)12-18-9-10-21-2/h3-8,11,18H,9-10,12-13H2,1-2H3. The van der Waals surface area contributed by atoms with E-state index in [0.29, 0.717) is 6.61 Å². The van der Waals surface area contributed by atoms with Crippen LogP contribution in [0.2, 0.25) is 0 Å². The molecule has 0 radical (unpaired) electrons. The summed E-state index contributed by atoms with van der Waals surface area (Å²) in [7, 11) is 3.76. The Morgan fingerprint density at radius 2 is 2.10 bits per heavy atom. The predicted octanol–water partition coefficient (Wildman–Crippen LogP) is 1.85. The van der Waals surface area contributed by atoms with E-state index in [4.69, 9.17) is 4.74 Å². The van der Waals surface area contributed by atoms with Crippen molar-refractivity contribution in [2.75, 3.05) is 32.2 Å². The van der Waals surface area contributed by atoms with Crippen molar-refractivity contribution in [1.29, 1.82) is 0 Å². The molecule has 5 nitrogen and oxygen atoms in total. The van der Waals surface area contributed by atoms with Gasteiger partial charge in [-0.2, -0.15) is 0 Å². The van der Waals surface area contributed by atoms with Crippen molar-refractivity contribution in [2.24, 2.45) is 0 Å². The highest BCUT2D eigenvalue weighted by atomic mass is 16.5. The number of hydrogen-bond acceptors (Lipinski definition) is 5. The molecule has 2 heterocycles. The number of nitrogens with zero attached hydrogens (tertiary/aromatic N) is 3. The van der Waals surface area contributed by atoms with Crippen molar-refractivity contribution in [3.8, 4) is 0 Å². The summed E-state index contributed by atoms with van der Waals surface area (Å²) in [5.74, 6) is 0.992. The molecule has 0 aliphatic rings. The fourth-order valence-electron chi connectivity index (χ4n) is 2.15. The van der Waals surface area contributed by atoms with Crippen LogP contribution in [0.3, 0.4) is 0 Å². The van der Waals surface area contributed by atoms with Crippen molar-refractivity contribution in [3.05, 3.63) is 54.0 Å². The Hall–Kier alpha value is -1.98. The minimum atomic E-state index is 0.709. The highest BCUT2D eigenvalue weighted by Gasteiger charge is 2.09. The summed E-state index contributed by atoms with van der Waals surface area (Å²) in [5, 5.41) is 3.36. The molecular weight excluding hydrogens is 264 g/mol. The molecule has 112 valence electrons. The van der Waals surface area contributed by atoms with E-state index in [0.717, 1.165) is 25.5 Å². The number of ether oxygens (including phenoxy) is 1. The quantitative estimate of drug-likeness (QED) is 0.751. The van der Waals surface area contributed by atoms with Crippen LogP contribution in [0.1, 0.15) is 11.1 Å². The summed E-state index contributed by atoms with van der Waals surface area (Å²) < 4.78 is 5.04. The van der Waals surface area contributed by atoms with Crippen molar-refractivity contribution in [1.82, 2.24) is 15.3 Å². The number of pyridine rings is 2. The van der Waals surface area contributed by atoms with Gasteiger partial charge in [0.2, 0.25) is 0 Å². The van der Waals surface area contributed by atoms with Gasteiger partial charge in [0.1, 0.15) is 5.82 Å². The van der Waals surface area contributed by atoms with E-state index in [1.165, 1.54) is 11.1 Å². The molecule has 0 bridgehead atoms. The van der Waals surface area contributed by atoms with Gasteiger partial charge in [0, 0.05) is 57.9 Å². The molecule has 0 saturated heterocycles. The molecule has 0 saturated carbocycles. The summed E-state index contributed by atoms with van der Waals surface area (Å²) in [6.45, 7) is 3.11. The first-order valence-corrected chi connectivity index (χ1v) is 7.05. The van der Waals surface area contributed by atoms with Gasteiger partial charge in [0.25, 0.3) is 0 Å². The van der Waals surface area contributed by atoms with Gasteiger partial charge in [0.05, 0.1) is 6.61 Å². The molecule has 0 aliphatic heterocycles. The third-order valence-corrected chi connectivity index (χ3v) is 3.17. The van der Waals surface area contributed by atoms with E-state index >= 15 is 0 Å². The minimum Gasteiger partial charge on any atom is -0.383 e. The van der Waals surface area contributed by atoms with Crippen molar-refractivity contribution in [2.45, 2.75) is 13.1 Å². The first-order valence-electron chi connectivity index (χ1n) is 7.05. The van der Waals surface area contributed by atoms with Gasteiger partial charge in [-0.15, -0.1) is 0 Å². The lowest BCUT2D eigenvalue weighted by molar-refractivity contribution is 0.199. The maximum absolute atomic E-state index is 5.04. The smallest absolute Gasteiger partial charge is 0.133 e. The predicted molar refractivity (Wildman–Crippen MR) is 84.2 cm³/mol. The molecule has 21 heavy (non-hydrogen) atoms. The number of anilines is 1. The highest BCUT2D eigenvalue weighted by molar-refractivity contribution is 5.46.